The van der Waals surface area contributed by atoms with Crippen molar-refractivity contribution in [2.75, 3.05) is 19.6 Å². The summed E-state index contributed by atoms with van der Waals surface area (Å²) in [7, 11) is 0. The summed E-state index contributed by atoms with van der Waals surface area (Å²) in [6.45, 7) is 2.95. The maximum absolute atomic E-state index is 13.3. The molecule has 0 radical (unpaired) electrons. The van der Waals surface area contributed by atoms with Crippen LogP contribution >= 0.6 is 23.7 Å². The van der Waals surface area contributed by atoms with E-state index in [1.807, 2.05) is 52.7 Å². The number of amides is 1. The van der Waals surface area contributed by atoms with Gasteiger partial charge in [-0.2, -0.15) is 0 Å². The molecular weight excluding hydrogens is 380 g/mol. The van der Waals surface area contributed by atoms with Crippen LogP contribution in [0, 0.1) is 11.3 Å². The Kier molecular flexibility index (Phi) is 6.58. The fourth-order valence-electron chi connectivity index (χ4n) is 4.21. The summed E-state index contributed by atoms with van der Waals surface area (Å²) in [5.74, 6) is 0.343. The molecule has 2 unspecified atom stereocenters. The van der Waals surface area contributed by atoms with E-state index < -0.39 is 6.10 Å². The second-order valence-corrected chi connectivity index (χ2v) is 8.58. The monoisotopic (exact) mass is 406 g/mol. The van der Waals surface area contributed by atoms with Crippen LogP contribution in [0.4, 0.5) is 0 Å². The van der Waals surface area contributed by atoms with Crippen molar-refractivity contribution in [3.8, 4) is 0 Å². The maximum Gasteiger partial charge on any atom is 0.226 e. The smallest absolute Gasteiger partial charge is 0.226 e. The molecule has 2 fully saturated rings. The SMILES string of the molecule is Cl.O=C(C1CC12CCNCC2)N(Cc1ccccc1)CC(O)c1cccs1. The lowest BCUT2D eigenvalue weighted by atomic mass is 9.91. The summed E-state index contributed by atoms with van der Waals surface area (Å²) in [6.07, 6.45) is 2.57. The Labute approximate surface area is 171 Å². The van der Waals surface area contributed by atoms with Gasteiger partial charge in [0.2, 0.25) is 5.91 Å². The third-order valence-corrected chi connectivity index (χ3v) is 6.85. The van der Waals surface area contributed by atoms with Crippen LogP contribution in [0.2, 0.25) is 0 Å². The minimum Gasteiger partial charge on any atom is -0.386 e. The van der Waals surface area contributed by atoms with E-state index in [1.54, 1.807) is 11.3 Å². The molecule has 2 aromatic rings. The topological polar surface area (TPSA) is 52.6 Å². The standard InChI is InChI=1S/C21H26N2O2S.ClH/c24-18(19-7-4-12-26-19)15-23(14-16-5-2-1-3-6-16)20(25)17-13-21(17)8-10-22-11-9-21;/h1-7,12,17-18,22,24H,8-11,13-15H2;1H. The van der Waals surface area contributed by atoms with Gasteiger partial charge in [0.05, 0.1) is 6.54 Å². The maximum atomic E-state index is 13.3. The summed E-state index contributed by atoms with van der Waals surface area (Å²) in [5.41, 5.74) is 1.32. The molecule has 1 aliphatic carbocycles. The van der Waals surface area contributed by atoms with Gasteiger partial charge in [0, 0.05) is 17.3 Å². The lowest BCUT2D eigenvalue weighted by Gasteiger charge is -2.28. The number of carbonyl (C=O) groups is 1. The van der Waals surface area contributed by atoms with Crippen LogP contribution in [-0.4, -0.2) is 35.5 Å². The third kappa shape index (κ3) is 4.54. The molecule has 27 heavy (non-hydrogen) atoms. The Hall–Kier alpha value is -1.40. The van der Waals surface area contributed by atoms with Gasteiger partial charge in [-0.1, -0.05) is 36.4 Å². The molecular formula is C21H27ClN2O2S. The number of hydrogen-bond donors (Lipinski definition) is 2. The number of benzene rings is 1. The van der Waals surface area contributed by atoms with E-state index in [1.165, 1.54) is 0 Å². The van der Waals surface area contributed by atoms with Gasteiger partial charge in [-0.15, -0.1) is 23.7 Å². The van der Waals surface area contributed by atoms with Gasteiger partial charge in [-0.3, -0.25) is 4.79 Å². The van der Waals surface area contributed by atoms with Gasteiger partial charge in [-0.05, 0) is 54.8 Å². The number of hydrogen-bond acceptors (Lipinski definition) is 4. The molecule has 1 aliphatic heterocycles. The van der Waals surface area contributed by atoms with Crippen molar-refractivity contribution < 1.29 is 9.90 Å². The predicted molar refractivity (Wildman–Crippen MR) is 111 cm³/mol. The Balaban J connectivity index is 0.00000210. The minimum atomic E-state index is -0.620. The third-order valence-electron chi connectivity index (χ3n) is 5.88. The molecule has 4 rings (SSSR count). The number of nitrogens with zero attached hydrogens (tertiary/aromatic N) is 1. The molecule has 1 aromatic heterocycles. The molecule has 2 N–H and O–H groups in total. The Morgan fingerprint density at radius 2 is 1.96 bits per heavy atom. The van der Waals surface area contributed by atoms with Crippen molar-refractivity contribution in [1.82, 2.24) is 10.2 Å². The first-order valence-electron chi connectivity index (χ1n) is 9.43. The van der Waals surface area contributed by atoms with E-state index in [0.717, 1.165) is 42.8 Å². The van der Waals surface area contributed by atoms with Crippen LogP contribution in [0.5, 0.6) is 0 Å². The molecule has 0 bridgehead atoms. The zero-order valence-electron chi connectivity index (χ0n) is 15.3. The van der Waals surface area contributed by atoms with Crippen LogP contribution in [-0.2, 0) is 11.3 Å². The predicted octanol–water partition coefficient (Wildman–Crippen LogP) is 3.62. The van der Waals surface area contributed by atoms with Gasteiger partial charge >= 0.3 is 0 Å². The number of aliphatic hydroxyl groups excluding tert-OH is 1. The molecule has 2 heterocycles. The normalized spacial score (nSPS) is 21.3. The van der Waals surface area contributed by atoms with Crippen molar-refractivity contribution in [2.45, 2.75) is 31.9 Å². The van der Waals surface area contributed by atoms with Crippen molar-refractivity contribution in [2.24, 2.45) is 11.3 Å². The van der Waals surface area contributed by atoms with Crippen LogP contribution < -0.4 is 5.32 Å². The molecule has 1 amide bonds. The molecule has 1 spiro atoms. The number of halogens is 1. The number of nitrogens with one attached hydrogen (secondary N) is 1. The highest BCUT2D eigenvalue weighted by Crippen LogP contribution is 2.59. The van der Waals surface area contributed by atoms with Gasteiger partial charge in [0.15, 0.2) is 0 Å². The number of aliphatic hydroxyl groups is 1. The highest BCUT2D eigenvalue weighted by atomic mass is 35.5. The quantitative estimate of drug-likeness (QED) is 0.770. The Morgan fingerprint density at radius 3 is 2.63 bits per heavy atom. The molecule has 1 saturated carbocycles. The van der Waals surface area contributed by atoms with Crippen LogP contribution in [0.1, 0.15) is 35.8 Å². The fourth-order valence-corrected chi connectivity index (χ4v) is 4.91. The van der Waals surface area contributed by atoms with E-state index in [-0.39, 0.29) is 29.6 Å². The number of piperidine rings is 1. The summed E-state index contributed by atoms with van der Waals surface area (Å²) >= 11 is 1.54. The van der Waals surface area contributed by atoms with E-state index in [0.29, 0.717) is 13.1 Å². The van der Waals surface area contributed by atoms with Crippen molar-refractivity contribution >= 4 is 29.7 Å². The highest BCUT2D eigenvalue weighted by molar-refractivity contribution is 7.10. The molecule has 1 aromatic carbocycles. The van der Waals surface area contributed by atoms with Crippen LogP contribution in [0.15, 0.2) is 47.8 Å². The van der Waals surface area contributed by atoms with E-state index in [9.17, 15) is 9.90 Å². The second-order valence-electron chi connectivity index (χ2n) is 7.60. The average molecular weight is 407 g/mol. The van der Waals surface area contributed by atoms with E-state index in [2.05, 4.69) is 5.32 Å². The van der Waals surface area contributed by atoms with Gasteiger partial charge < -0.3 is 15.3 Å². The van der Waals surface area contributed by atoms with Crippen molar-refractivity contribution in [3.05, 3.63) is 58.3 Å². The van der Waals surface area contributed by atoms with Gasteiger partial charge in [0.1, 0.15) is 6.10 Å². The van der Waals surface area contributed by atoms with Crippen LogP contribution in [0.3, 0.4) is 0 Å². The lowest BCUT2D eigenvalue weighted by molar-refractivity contribution is -0.135. The summed E-state index contributed by atoms with van der Waals surface area (Å²) in [5, 5.41) is 16.0. The molecule has 2 atom stereocenters. The fraction of sp³-hybridized carbons (Fsp3) is 0.476. The number of rotatable bonds is 6. The van der Waals surface area contributed by atoms with Crippen molar-refractivity contribution in [1.29, 1.82) is 0 Å². The first kappa shape index (κ1) is 20.3. The Bertz CT molecular complexity index is 732. The minimum absolute atomic E-state index is 0. The first-order valence-corrected chi connectivity index (χ1v) is 10.3. The first-order chi connectivity index (χ1) is 12.7. The van der Waals surface area contributed by atoms with E-state index >= 15 is 0 Å². The summed E-state index contributed by atoms with van der Waals surface area (Å²) in [4.78, 5) is 16.1. The molecule has 6 heteroatoms. The highest BCUT2D eigenvalue weighted by Gasteiger charge is 2.58. The van der Waals surface area contributed by atoms with Gasteiger partial charge in [-0.25, -0.2) is 0 Å². The zero-order chi connectivity index (χ0) is 18.0. The molecule has 2 aliphatic rings. The molecule has 4 nitrogen and oxygen atoms in total. The Morgan fingerprint density at radius 1 is 1.22 bits per heavy atom. The molecule has 146 valence electrons. The number of thiophene rings is 1. The molecule has 1 saturated heterocycles. The largest absolute Gasteiger partial charge is 0.386 e. The lowest BCUT2D eigenvalue weighted by Crippen LogP contribution is -2.38. The number of carbonyl (C=O) groups excluding carboxylic acids is 1. The van der Waals surface area contributed by atoms with E-state index in [4.69, 9.17) is 0 Å². The summed E-state index contributed by atoms with van der Waals surface area (Å²) < 4.78 is 0. The van der Waals surface area contributed by atoms with Crippen molar-refractivity contribution in [3.63, 3.8) is 0 Å². The average Bonchev–Trinajstić information content (AvgIpc) is 3.10. The van der Waals surface area contributed by atoms with Gasteiger partial charge in [0.25, 0.3) is 0 Å². The zero-order valence-corrected chi connectivity index (χ0v) is 17.0. The summed E-state index contributed by atoms with van der Waals surface area (Å²) in [6, 6.07) is 14.0. The van der Waals surface area contributed by atoms with Crippen LogP contribution in [0.25, 0.3) is 0 Å². The second kappa shape index (κ2) is 8.74.